The van der Waals surface area contributed by atoms with Gasteiger partial charge in [0.15, 0.2) is 0 Å². The zero-order valence-corrected chi connectivity index (χ0v) is 14.1. The van der Waals surface area contributed by atoms with Crippen LogP contribution in [0.25, 0.3) is 0 Å². The minimum Gasteiger partial charge on any atom is -0.157 e. The van der Waals surface area contributed by atoms with E-state index in [1.165, 1.54) is 0 Å². The molecule has 108 valence electrons. The van der Waals surface area contributed by atoms with Crippen molar-refractivity contribution in [3.63, 3.8) is 0 Å². The second-order valence-electron chi connectivity index (χ2n) is 4.57. The average Bonchev–Trinajstić information content (AvgIpc) is 2.99. The molecule has 0 fully saturated rings. The number of thiophene rings is 1. The highest BCUT2D eigenvalue weighted by atomic mass is 79.9. The van der Waals surface area contributed by atoms with Crippen molar-refractivity contribution in [2.75, 3.05) is 0 Å². The van der Waals surface area contributed by atoms with E-state index in [4.69, 9.17) is 0 Å². The summed E-state index contributed by atoms with van der Waals surface area (Å²) in [5, 5.41) is 8.71. The van der Waals surface area contributed by atoms with Gasteiger partial charge in [0.1, 0.15) is 5.71 Å². The van der Waals surface area contributed by atoms with Gasteiger partial charge in [-0.2, -0.15) is 5.10 Å². The molecular formula is C18H13BrN2S. The van der Waals surface area contributed by atoms with Gasteiger partial charge in [0.25, 0.3) is 0 Å². The summed E-state index contributed by atoms with van der Waals surface area (Å²) in [6.45, 7) is 0. The molecule has 0 N–H and O–H groups in total. The van der Waals surface area contributed by atoms with Crippen LogP contribution < -0.4 is 0 Å². The standard InChI is InChI=1S/C18H13BrN2S/c19-17-12-11-16(22-17)13-20-21-18(14-7-3-1-4-8-14)15-9-5-2-6-10-15/h1-13H. The molecule has 1 heterocycles. The zero-order valence-electron chi connectivity index (χ0n) is 11.7. The number of hydrogen-bond acceptors (Lipinski definition) is 3. The predicted octanol–water partition coefficient (Wildman–Crippen LogP) is 5.38. The van der Waals surface area contributed by atoms with E-state index < -0.39 is 0 Å². The summed E-state index contributed by atoms with van der Waals surface area (Å²) < 4.78 is 1.09. The molecule has 0 saturated heterocycles. The Labute approximate surface area is 142 Å². The quantitative estimate of drug-likeness (QED) is 0.436. The van der Waals surface area contributed by atoms with Crippen LogP contribution in [0.3, 0.4) is 0 Å². The largest absolute Gasteiger partial charge is 0.157 e. The Hall–Kier alpha value is -2.04. The average molecular weight is 369 g/mol. The highest BCUT2D eigenvalue weighted by Gasteiger charge is 2.05. The van der Waals surface area contributed by atoms with Crippen LogP contribution in [0.4, 0.5) is 0 Å². The maximum Gasteiger partial charge on any atom is 0.100 e. The van der Waals surface area contributed by atoms with Gasteiger partial charge < -0.3 is 0 Å². The molecule has 0 aliphatic rings. The molecule has 0 bridgehead atoms. The van der Waals surface area contributed by atoms with Crippen molar-refractivity contribution in [3.05, 3.63) is 92.6 Å². The molecule has 0 spiro atoms. The van der Waals surface area contributed by atoms with E-state index in [2.05, 4.69) is 26.1 Å². The molecule has 0 saturated carbocycles. The highest BCUT2D eigenvalue weighted by Crippen LogP contribution is 2.20. The van der Waals surface area contributed by atoms with E-state index in [0.29, 0.717) is 0 Å². The van der Waals surface area contributed by atoms with Crippen LogP contribution in [0.5, 0.6) is 0 Å². The first-order valence-electron chi connectivity index (χ1n) is 6.80. The van der Waals surface area contributed by atoms with Crippen molar-refractivity contribution in [3.8, 4) is 0 Å². The lowest BCUT2D eigenvalue weighted by Gasteiger charge is -2.04. The van der Waals surface area contributed by atoms with Crippen LogP contribution in [0.15, 0.2) is 86.8 Å². The zero-order chi connectivity index (χ0) is 15.2. The van der Waals surface area contributed by atoms with Gasteiger partial charge in [-0.15, -0.1) is 16.4 Å². The summed E-state index contributed by atoms with van der Waals surface area (Å²) in [4.78, 5) is 1.07. The summed E-state index contributed by atoms with van der Waals surface area (Å²) in [6, 6.07) is 24.2. The summed E-state index contributed by atoms with van der Waals surface area (Å²) >= 11 is 5.08. The molecule has 22 heavy (non-hydrogen) atoms. The van der Waals surface area contributed by atoms with Crippen molar-refractivity contribution < 1.29 is 0 Å². The second kappa shape index (κ2) is 7.29. The fraction of sp³-hybridized carbons (Fsp3) is 0. The molecule has 0 atom stereocenters. The number of rotatable bonds is 4. The van der Waals surface area contributed by atoms with Gasteiger partial charge in [-0.1, -0.05) is 60.7 Å². The highest BCUT2D eigenvalue weighted by molar-refractivity contribution is 9.11. The third-order valence-corrected chi connectivity index (χ3v) is 4.59. The Bertz CT molecular complexity index is 751. The Morgan fingerprint density at radius 3 is 1.91 bits per heavy atom. The fourth-order valence-electron chi connectivity index (χ4n) is 2.02. The monoisotopic (exact) mass is 368 g/mol. The van der Waals surface area contributed by atoms with Crippen molar-refractivity contribution in [1.82, 2.24) is 0 Å². The third kappa shape index (κ3) is 3.78. The van der Waals surface area contributed by atoms with E-state index in [-0.39, 0.29) is 0 Å². The van der Waals surface area contributed by atoms with Gasteiger partial charge in [0.05, 0.1) is 10.0 Å². The van der Waals surface area contributed by atoms with Crippen LogP contribution in [-0.2, 0) is 0 Å². The Kier molecular flexibility index (Phi) is 4.93. The van der Waals surface area contributed by atoms with Crippen molar-refractivity contribution in [2.24, 2.45) is 10.2 Å². The Morgan fingerprint density at radius 1 is 0.818 bits per heavy atom. The number of hydrogen-bond donors (Lipinski definition) is 0. The lowest BCUT2D eigenvalue weighted by atomic mass is 10.0. The number of benzene rings is 2. The summed E-state index contributed by atoms with van der Waals surface area (Å²) in [5.74, 6) is 0. The molecular weight excluding hydrogens is 356 g/mol. The minimum atomic E-state index is 0.869. The normalized spacial score (nSPS) is 10.8. The van der Waals surface area contributed by atoms with E-state index in [0.717, 1.165) is 25.5 Å². The van der Waals surface area contributed by atoms with Gasteiger partial charge in [-0.25, -0.2) is 0 Å². The van der Waals surface area contributed by atoms with E-state index in [1.54, 1.807) is 17.6 Å². The molecule has 0 amide bonds. The van der Waals surface area contributed by atoms with Crippen LogP contribution in [-0.4, -0.2) is 11.9 Å². The topological polar surface area (TPSA) is 24.7 Å². The Balaban J connectivity index is 1.95. The molecule has 0 aliphatic carbocycles. The van der Waals surface area contributed by atoms with Crippen LogP contribution in [0.1, 0.15) is 16.0 Å². The van der Waals surface area contributed by atoms with Gasteiger partial charge in [0.2, 0.25) is 0 Å². The maximum absolute atomic E-state index is 4.45. The predicted molar refractivity (Wildman–Crippen MR) is 98.1 cm³/mol. The first kappa shape index (κ1) is 14.9. The van der Waals surface area contributed by atoms with Crippen molar-refractivity contribution >= 4 is 39.2 Å². The Morgan fingerprint density at radius 2 is 1.41 bits per heavy atom. The molecule has 3 aromatic rings. The van der Waals surface area contributed by atoms with Gasteiger partial charge in [-0.3, -0.25) is 0 Å². The van der Waals surface area contributed by atoms with Crippen molar-refractivity contribution in [2.45, 2.75) is 0 Å². The van der Waals surface area contributed by atoms with E-state index in [1.807, 2.05) is 72.8 Å². The molecule has 2 nitrogen and oxygen atoms in total. The summed E-state index contributed by atoms with van der Waals surface area (Å²) in [5.41, 5.74) is 2.98. The summed E-state index contributed by atoms with van der Waals surface area (Å²) in [7, 11) is 0. The fourth-order valence-corrected chi connectivity index (χ4v) is 3.31. The molecule has 1 aromatic heterocycles. The lowest BCUT2D eigenvalue weighted by Crippen LogP contribution is -2.02. The van der Waals surface area contributed by atoms with Gasteiger partial charge >= 0.3 is 0 Å². The van der Waals surface area contributed by atoms with Crippen LogP contribution in [0.2, 0.25) is 0 Å². The number of halogens is 1. The first-order valence-corrected chi connectivity index (χ1v) is 8.41. The van der Waals surface area contributed by atoms with Crippen molar-refractivity contribution in [1.29, 1.82) is 0 Å². The molecule has 4 heteroatoms. The minimum absolute atomic E-state index is 0.869. The van der Waals surface area contributed by atoms with Crippen LogP contribution in [0, 0.1) is 0 Å². The smallest absolute Gasteiger partial charge is 0.100 e. The SMILES string of the molecule is Brc1ccc(C=NN=C(c2ccccc2)c2ccccc2)s1. The second-order valence-corrected chi connectivity index (χ2v) is 7.06. The first-order chi connectivity index (χ1) is 10.8. The third-order valence-electron chi connectivity index (χ3n) is 3.03. The summed E-state index contributed by atoms with van der Waals surface area (Å²) in [6.07, 6.45) is 1.78. The molecule has 0 radical (unpaired) electrons. The van der Waals surface area contributed by atoms with Crippen LogP contribution >= 0.6 is 27.3 Å². The maximum atomic E-state index is 4.45. The number of nitrogens with zero attached hydrogens (tertiary/aromatic N) is 2. The van der Waals surface area contributed by atoms with E-state index >= 15 is 0 Å². The van der Waals surface area contributed by atoms with Gasteiger partial charge in [-0.05, 0) is 28.1 Å². The molecule has 0 unspecified atom stereocenters. The van der Waals surface area contributed by atoms with Gasteiger partial charge in [0, 0.05) is 16.0 Å². The lowest BCUT2D eigenvalue weighted by molar-refractivity contribution is 1.25. The molecule has 2 aromatic carbocycles. The molecule has 3 rings (SSSR count). The molecule has 0 aliphatic heterocycles. The van der Waals surface area contributed by atoms with E-state index in [9.17, 15) is 0 Å².